The highest BCUT2D eigenvalue weighted by Gasteiger charge is 2.29. The largest absolute Gasteiger partial charge is 0.444 e. The molecule has 1 aromatic rings. The lowest BCUT2D eigenvalue weighted by Crippen LogP contribution is -2.35. The predicted octanol–water partition coefficient (Wildman–Crippen LogP) is 2.32. The maximum Gasteiger partial charge on any atom is 0.410 e. The van der Waals surface area contributed by atoms with Crippen LogP contribution in [0.3, 0.4) is 0 Å². The van der Waals surface area contributed by atoms with Gasteiger partial charge in [0.15, 0.2) is 0 Å². The van der Waals surface area contributed by atoms with E-state index in [0.29, 0.717) is 13.1 Å². The molecule has 0 aromatic carbocycles. The summed E-state index contributed by atoms with van der Waals surface area (Å²) in [4.78, 5) is 17.0. The molecule has 0 unspecified atom stereocenters. The SMILES string of the molecule is CC(C)(C)OC(=O)N1CC[C@H](CO)C1.c1ccncc1. The van der Waals surface area contributed by atoms with Gasteiger partial charge in [0, 0.05) is 38.0 Å². The topological polar surface area (TPSA) is 62.7 Å². The molecular formula is C15H24N2O3. The van der Waals surface area contributed by atoms with Gasteiger partial charge in [0.2, 0.25) is 0 Å². The van der Waals surface area contributed by atoms with E-state index in [-0.39, 0.29) is 18.6 Å². The Hall–Kier alpha value is -1.62. The summed E-state index contributed by atoms with van der Waals surface area (Å²) in [7, 11) is 0. The number of ether oxygens (including phenoxy) is 1. The summed E-state index contributed by atoms with van der Waals surface area (Å²) in [5.74, 6) is 0.225. The normalized spacial score (nSPS) is 18.2. The third-order valence-corrected chi connectivity index (χ3v) is 2.76. The van der Waals surface area contributed by atoms with Crippen LogP contribution in [-0.4, -0.2) is 46.4 Å². The van der Waals surface area contributed by atoms with Crippen molar-refractivity contribution < 1.29 is 14.6 Å². The molecule has 0 saturated carbocycles. The number of aliphatic hydroxyl groups excluding tert-OH is 1. The molecule has 2 rings (SSSR count). The number of nitrogens with zero attached hydrogens (tertiary/aromatic N) is 2. The zero-order valence-corrected chi connectivity index (χ0v) is 12.5. The first-order valence-corrected chi connectivity index (χ1v) is 6.86. The molecule has 0 radical (unpaired) electrons. The number of amides is 1. The lowest BCUT2D eigenvalue weighted by molar-refractivity contribution is 0.0284. The van der Waals surface area contributed by atoms with Gasteiger partial charge in [-0.1, -0.05) is 6.07 Å². The predicted molar refractivity (Wildman–Crippen MR) is 77.2 cm³/mol. The van der Waals surface area contributed by atoms with Gasteiger partial charge in [-0.15, -0.1) is 0 Å². The minimum Gasteiger partial charge on any atom is -0.444 e. The van der Waals surface area contributed by atoms with E-state index in [9.17, 15) is 4.79 Å². The number of aliphatic hydroxyl groups is 1. The van der Waals surface area contributed by atoms with Gasteiger partial charge in [0.25, 0.3) is 0 Å². The van der Waals surface area contributed by atoms with Gasteiger partial charge < -0.3 is 14.7 Å². The quantitative estimate of drug-likeness (QED) is 0.857. The number of likely N-dealkylation sites (tertiary alicyclic amines) is 1. The Morgan fingerprint density at radius 2 is 2.00 bits per heavy atom. The van der Waals surface area contributed by atoms with Crippen molar-refractivity contribution in [3.05, 3.63) is 30.6 Å². The van der Waals surface area contributed by atoms with Crippen molar-refractivity contribution in [2.45, 2.75) is 32.8 Å². The maximum absolute atomic E-state index is 11.5. The van der Waals surface area contributed by atoms with Crippen molar-refractivity contribution in [1.29, 1.82) is 0 Å². The molecule has 2 heterocycles. The molecule has 1 atom stereocenters. The van der Waals surface area contributed by atoms with Crippen LogP contribution in [0.2, 0.25) is 0 Å². The maximum atomic E-state index is 11.5. The van der Waals surface area contributed by atoms with E-state index in [4.69, 9.17) is 9.84 Å². The summed E-state index contributed by atoms with van der Waals surface area (Å²) in [5, 5.41) is 8.92. The summed E-state index contributed by atoms with van der Waals surface area (Å²) in [6.07, 6.45) is 4.10. The summed E-state index contributed by atoms with van der Waals surface area (Å²) < 4.78 is 5.22. The van der Waals surface area contributed by atoms with E-state index in [1.165, 1.54) is 0 Å². The second kappa shape index (κ2) is 7.85. The molecule has 1 aromatic heterocycles. The van der Waals surface area contributed by atoms with Crippen LogP contribution < -0.4 is 0 Å². The molecule has 112 valence electrons. The van der Waals surface area contributed by atoms with E-state index in [2.05, 4.69) is 4.98 Å². The third kappa shape index (κ3) is 6.52. The molecule has 1 aliphatic rings. The van der Waals surface area contributed by atoms with Crippen molar-refractivity contribution in [2.75, 3.05) is 19.7 Å². The Bertz CT molecular complexity index is 363. The third-order valence-electron chi connectivity index (χ3n) is 2.76. The van der Waals surface area contributed by atoms with Gasteiger partial charge in [-0.05, 0) is 39.3 Å². The van der Waals surface area contributed by atoms with Crippen LogP contribution >= 0.6 is 0 Å². The first-order valence-electron chi connectivity index (χ1n) is 6.86. The van der Waals surface area contributed by atoms with Crippen molar-refractivity contribution >= 4 is 6.09 Å². The van der Waals surface area contributed by atoms with Crippen LogP contribution in [0.15, 0.2) is 30.6 Å². The van der Waals surface area contributed by atoms with Crippen LogP contribution in [-0.2, 0) is 4.74 Å². The average molecular weight is 280 g/mol. The first kappa shape index (κ1) is 16.4. The first-order chi connectivity index (χ1) is 9.42. The number of aromatic nitrogens is 1. The number of carbonyl (C=O) groups excluding carboxylic acids is 1. The number of rotatable bonds is 1. The summed E-state index contributed by atoms with van der Waals surface area (Å²) >= 11 is 0. The van der Waals surface area contributed by atoms with E-state index in [0.717, 1.165) is 6.42 Å². The highest BCUT2D eigenvalue weighted by molar-refractivity contribution is 5.68. The van der Waals surface area contributed by atoms with E-state index >= 15 is 0 Å². The van der Waals surface area contributed by atoms with Crippen LogP contribution in [0.5, 0.6) is 0 Å². The molecule has 1 amide bonds. The highest BCUT2D eigenvalue weighted by Crippen LogP contribution is 2.18. The second-order valence-electron chi connectivity index (χ2n) is 5.79. The minimum atomic E-state index is -0.436. The van der Waals surface area contributed by atoms with Gasteiger partial charge in [0.1, 0.15) is 5.60 Å². The van der Waals surface area contributed by atoms with Gasteiger partial charge >= 0.3 is 6.09 Å². The van der Waals surface area contributed by atoms with Gasteiger partial charge in [0.05, 0.1) is 0 Å². The Morgan fingerprint density at radius 1 is 1.35 bits per heavy atom. The minimum absolute atomic E-state index is 0.152. The molecule has 0 aliphatic carbocycles. The summed E-state index contributed by atoms with van der Waals surface area (Å²) in [6, 6.07) is 5.72. The van der Waals surface area contributed by atoms with Crippen molar-refractivity contribution in [3.63, 3.8) is 0 Å². The molecular weight excluding hydrogens is 256 g/mol. The standard InChI is InChI=1S/C10H19NO3.C5H5N/c1-10(2,3)14-9(13)11-5-4-8(6-11)7-12;1-2-4-6-5-3-1/h8,12H,4-7H2,1-3H3;1-5H/t8-;/m0./s1. The Balaban J connectivity index is 0.000000276. The van der Waals surface area contributed by atoms with Crippen molar-refractivity contribution in [2.24, 2.45) is 5.92 Å². The molecule has 1 N–H and O–H groups in total. The fraction of sp³-hybridized carbons (Fsp3) is 0.600. The number of hydrogen-bond donors (Lipinski definition) is 1. The van der Waals surface area contributed by atoms with Crippen LogP contribution in [0.4, 0.5) is 4.79 Å². The van der Waals surface area contributed by atoms with E-state index in [1.54, 1.807) is 17.3 Å². The Morgan fingerprint density at radius 3 is 2.35 bits per heavy atom. The molecule has 0 bridgehead atoms. The monoisotopic (exact) mass is 280 g/mol. The molecule has 20 heavy (non-hydrogen) atoms. The Labute approximate surface area is 120 Å². The lowest BCUT2D eigenvalue weighted by atomic mass is 10.1. The zero-order chi connectivity index (χ0) is 15.0. The number of carbonyl (C=O) groups is 1. The zero-order valence-electron chi connectivity index (χ0n) is 12.5. The van der Waals surface area contributed by atoms with Gasteiger partial charge in [-0.25, -0.2) is 4.79 Å². The molecule has 0 spiro atoms. The van der Waals surface area contributed by atoms with Crippen LogP contribution in [0.1, 0.15) is 27.2 Å². The smallest absolute Gasteiger partial charge is 0.410 e. The van der Waals surface area contributed by atoms with Crippen LogP contribution in [0, 0.1) is 5.92 Å². The fourth-order valence-electron chi connectivity index (χ4n) is 1.79. The fourth-order valence-corrected chi connectivity index (χ4v) is 1.79. The molecule has 1 fully saturated rings. The van der Waals surface area contributed by atoms with Crippen LogP contribution in [0.25, 0.3) is 0 Å². The van der Waals surface area contributed by atoms with Crippen molar-refractivity contribution in [1.82, 2.24) is 9.88 Å². The highest BCUT2D eigenvalue weighted by atomic mass is 16.6. The van der Waals surface area contributed by atoms with E-state index in [1.807, 2.05) is 39.0 Å². The number of pyridine rings is 1. The summed E-state index contributed by atoms with van der Waals surface area (Å²) in [6.45, 7) is 7.02. The van der Waals surface area contributed by atoms with Gasteiger partial charge in [-0.3, -0.25) is 4.98 Å². The van der Waals surface area contributed by atoms with E-state index < -0.39 is 5.60 Å². The average Bonchev–Trinajstić information content (AvgIpc) is 2.88. The van der Waals surface area contributed by atoms with Gasteiger partial charge in [-0.2, -0.15) is 0 Å². The van der Waals surface area contributed by atoms with Crippen molar-refractivity contribution in [3.8, 4) is 0 Å². The second-order valence-corrected chi connectivity index (χ2v) is 5.79. The number of hydrogen-bond acceptors (Lipinski definition) is 4. The Kier molecular flexibility index (Phi) is 6.45. The summed E-state index contributed by atoms with van der Waals surface area (Å²) in [5.41, 5.74) is -0.436. The molecule has 1 saturated heterocycles. The molecule has 1 aliphatic heterocycles. The molecule has 5 nitrogen and oxygen atoms in total. The lowest BCUT2D eigenvalue weighted by Gasteiger charge is -2.24. The molecule has 5 heteroatoms.